The molecular formula is C14H18O2. The second-order valence-corrected chi connectivity index (χ2v) is 3.40. The van der Waals surface area contributed by atoms with E-state index in [0.717, 1.165) is 30.8 Å². The summed E-state index contributed by atoms with van der Waals surface area (Å²) in [6, 6.07) is 5.99. The lowest BCUT2D eigenvalue weighted by molar-refractivity contribution is 0.354. The number of hydrogen-bond donors (Lipinski definition) is 0. The summed E-state index contributed by atoms with van der Waals surface area (Å²) in [6.45, 7) is 2.06. The van der Waals surface area contributed by atoms with Gasteiger partial charge in [-0.2, -0.15) is 0 Å². The fourth-order valence-electron chi connectivity index (χ4n) is 1.46. The molecule has 0 saturated heterocycles. The van der Waals surface area contributed by atoms with Crippen LogP contribution in [0.5, 0.6) is 11.5 Å². The van der Waals surface area contributed by atoms with Crippen LogP contribution in [0.3, 0.4) is 0 Å². The van der Waals surface area contributed by atoms with E-state index in [0.29, 0.717) is 0 Å². The van der Waals surface area contributed by atoms with Gasteiger partial charge in [0.2, 0.25) is 0 Å². The summed E-state index contributed by atoms with van der Waals surface area (Å²) in [7, 11) is 3.29. The van der Waals surface area contributed by atoms with Crippen molar-refractivity contribution in [1.29, 1.82) is 0 Å². The maximum atomic E-state index is 5.24. The zero-order valence-corrected chi connectivity index (χ0v) is 10.2. The van der Waals surface area contributed by atoms with Crippen LogP contribution in [-0.2, 0) is 6.42 Å². The molecule has 1 aromatic carbocycles. The van der Waals surface area contributed by atoms with Crippen molar-refractivity contribution in [3.8, 4) is 23.3 Å². The quantitative estimate of drug-likeness (QED) is 0.723. The molecule has 0 heterocycles. The highest BCUT2D eigenvalue weighted by Crippen LogP contribution is 2.27. The van der Waals surface area contributed by atoms with Gasteiger partial charge < -0.3 is 9.47 Å². The molecule has 0 aliphatic rings. The fourth-order valence-corrected chi connectivity index (χ4v) is 1.46. The van der Waals surface area contributed by atoms with Gasteiger partial charge in [-0.3, -0.25) is 0 Å². The SMILES string of the molecule is CCC#CCCc1ccc(OC)c(OC)c1. The zero-order chi connectivity index (χ0) is 11.8. The minimum atomic E-state index is 0.769. The summed E-state index contributed by atoms with van der Waals surface area (Å²) in [6.07, 6.45) is 2.77. The third-order valence-corrected chi connectivity index (χ3v) is 2.29. The molecule has 0 aromatic heterocycles. The Morgan fingerprint density at radius 2 is 1.81 bits per heavy atom. The Hall–Kier alpha value is -1.62. The van der Waals surface area contributed by atoms with Gasteiger partial charge in [0.25, 0.3) is 0 Å². The molecule has 0 N–H and O–H groups in total. The number of methoxy groups -OCH3 is 2. The van der Waals surface area contributed by atoms with Crippen molar-refractivity contribution in [2.45, 2.75) is 26.2 Å². The first-order valence-electron chi connectivity index (χ1n) is 5.48. The highest BCUT2D eigenvalue weighted by atomic mass is 16.5. The standard InChI is InChI=1S/C14H18O2/c1-4-5-6-7-8-12-9-10-13(15-2)14(11-12)16-3/h9-11H,4,7-8H2,1-3H3. The van der Waals surface area contributed by atoms with Gasteiger partial charge in [0.05, 0.1) is 14.2 Å². The largest absolute Gasteiger partial charge is 0.493 e. The highest BCUT2D eigenvalue weighted by molar-refractivity contribution is 5.43. The van der Waals surface area contributed by atoms with Crippen LogP contribution in [0.4, 0.5) is 0 Å². The van der Waals surface area contributed by atoms with Gasteiger partial charge in [0.15, 0.2) is 11.5 Å². The first-order valence-corrected chi connectivity index (χ1v) is 5.48. The van der Waals surface area contributed by atoms with Crippen LogP contribution in [0.1, 0.15) is 25.3 Å². The van der Waals surface area contributed by atoms with Crippen molar-refractivity contribution in [3.05, 3.63) is 23.8 Å². The van der Waals surface area contributed by atoms with E-state index in [1.807, 2.05) is 12.1 Å². The molecule has 1 rings (SSSR count). The lowest BCUT2D eigenvalue weighted by atomic mass is 10.1. The molecule has 2 nitrogen and oxygen atoms in total. The summed E-state index contributed by atoms with van der Waals surface area (Å²) in [5.74, 6) is 7.74. The number of aryl methyl sites for hydroxylation is 1. The molecule has 0 spiro atoms. The minimum absolute atomic E-state index is 0.769. The van der Waals surface area contributed by atoms with E-state index in [1.165, 1.54) is 5.56 Å². The third-order valence-electron chi connectivity index (χ3n) is 2.29. The first-order chi connectivity index (χ1) is 7.81. The lowest BCUT2D eigenvalue weighted by Gasteiger charge is -2.08. The van der Waals surface area contributed by atoms with E-state index in [1.54, 1.807) is 14.2 Å². The molecule has 0 unspecified atom stereocenters. The molecule has 0 bridgehead atoms. The molecule has 16 heavy (non-hydrogen) atoms. The smallest absolute Gasteiger partial charge is 0.160 e. The van der Waals surface area contributed by atoms with E-state index in [4.69, 9.17) is 9.47 Å². The average molecular weight is 218 g/mol. The summed E-state index contributed by atoms with van der Waals surface area (Å²) in [5.41, 5.74) is 1.23. The van der Waals surface area contributed by atoms with Gasteiger partial charge in [-0.25, -0.2) is 0 Å². The molecular weight excluding hydrogens is 200 g/mol. The Morgan fingerprint density at radius 1 is 1.06 bits per heavy atom. The number of ether oxygens (including phenoxy) is 2. The maximum absolute atomic E-state index is 5.24. The summed E-state index contributed by atoms with van der Waals surface area (Å²) in [5, 5.41) is 0. The monoisotopic (exact) mass is 218 g/mol. The Bertz CT molecular complexity index is 385. The molecule has 1 aromatic rings. The van der Waals surface area contributed by atoms with Gasteiger partial charge in [-0.1, -0.05) is 13.0 Å². The molecule has 0 fully saturated rings. The number of rotatable bonds is 4. The number of hydrogen-bond acceptors (Lipinski definition) is 2. The van der Waals surface area contributed by atoms with Crippen molar-refractivity contribution in [2.75, 3.05) is 14.2 Å². The van der Waals surface area contributed by atoms with Crippen molar-refractivity contribution in [3.63, 3.8) is 0 Å². The van der Waals surface area contributed by atoms with Crippen molar-refractivity contribution < 1.29 is 9.47 Å². The zero-order valence-electron chi connectivity index (χ0n) is 10.2. The Morgan fingerprint density at radius 3 is 2.44 bits per heavy atom. The predicted molar refractivity (Wildman–Crippen MR) is 65.9 cm³/mol. The van der Waals surface area contributed by atoms with E-state index in [9.17, 15) is 0 Å². The van der Waals surface area contributed by atoms with Crippen molar-refractivity contribution in [2.24, 2.45) is 0 Å². The van der Waals surface area contributed by atoms with Gasteiger partial charge in [-0.15, -0.1) is 11.8 Å². The topological polar surface area (TPSA) is 18.5 Å². The Kier molecular flexibility index (Phi) is 5.28. The molecule has 0 amide bonds. The maximum Gasteiger partial charge on any atom is 0.160 e. The average Bonchev–Trinajstić information content (AvgIpc) is 2.34. The molecule has 0 aliphatic heterocycles. The van der Waals surface area contributed by atoms with Crippen LogP contribution in [0.2, 0.25) is 0 Å². The normalized spacial score (nSPS) is 9.19. The van der Waals surface area contributed by atoms with Gasteiger partial charge in [0, 0.05) is 12.8 Å². The lowest BCUT2D eigenvalue weighted by Crippen LogP contribution is -1.92. The summed E-state index contributed by atoms with van der Waals surface area (Å²) >= 11 is 0. The van der Waals surface area contributed by atoms with Crippen LogP contribution in [0.25, 0.3) is 0 Å². The van der Waals surface area contributed by atoms with E-state index in [-0.39, 0.29) is 0 Å². The second kappa shape index (κ2) is 6.79. The van der Waals surface area contributed by atoms with Crippen molar-refractivity contribution >= 4 is 0 Å². The van der Waals surface area contributed by atoms with Crippen LogP contribution in [0.15, 0.2) is 18.2 Å². The van der Waals surface area contributed by atoms with Crippen LogP contribution in [-0.4, -0.2) is 14.2 Å². The van der Waals surface area contributed by atoms with Crippen LogP contribution < -0.4 is 9.47 Å². The van der Waals surface area contributed by atoms with Gasteiger partial charge >= 0.3 is 0 Å². The van der Waals surface area contributed by atoms with E-state index >= 15 is 0 Å². The van der Waals surface area contributed by atoms with Crippen molar-refractivity contribution in [1.82, 2.24) is 0 Å². The van der Waals surface area contributed by atoms with Crippen LogP contribution >= 0.6 is 0 Å². The molecule has 0 atom stereocenters. The first kappa shape index (κ1) is 12.4. The third kappa shape index (κ3) is 3.51. The van der Waals surface area contributed by atoms with Crippen LogP contribution in [0, 0.1) is 11.8 Å². The van der Waals surface area contributed by atoms with E-state index in [2.05, 4.69) is 24.8 Å². The molecule has 86 valence electrons. The fraction of sp³-hybridized carbons (Fsp3) is 0.429. The second-order valence-electron chi connectivity index (χ2n) is 3.40. The molecule has 2 heteroatoms. The summed E-state index contributed by atoms with van der Waals surface area (Å²) < 4.78 is 10.4. The Labute approximate surface area is 97.6 Å². The predicted octanol–water partition coefficient (Wildman–Crippen LogP) is 3.05. The van der Waals surface area contributed by atoms with E-state index < -0.39 is 0 Å². The molecule has 0 saturated carbocycles. The Balaban J connectivity index is 2.67. The highest BCUT2D eigenvalue weighted by Gasteiger charge is 2.03. The van der Waals surface area contributed by atoms with Gasteiger partial charge in [0.1, 0.15) is 0 Å². The molecule has 0 radical (unpaired) electrons. The number of benzene rings is 1. The molecule has 0 aliphatic carbocycles. The summed E-state index contributed by atoms with van der Waals surface area (Å²) in [4.78, 5) is 0. The minimum Gasteiger partial charge on any atom is -0.493 e. The van der Waals surface area contributed by atoms with Gasteiger partial charge in [-0.05, 0) is 24.1 Å².